The molecular formula is C14H20N2O3. The molecule has 0 saturated carbocycles. The Bertz CT molecular complexity index is 458. The van der Waals surface area contributed by atoms with Crippen LogP contribution in [0.4, 0.5) is 11.4 Å². The molecule has 0 radical (unpaired) electrons. The molecule has 0 fully saturated rings. The summed E-state index contributed by atoms with van der Waals surface area (Å²) in [4.78, 5) is 13.4. The van der Waals surface area contributed by atoms with Crippen LogP contribution in [-0.4, -0.2) is 37.8 Å². The van der Waals surface area contributed by atoms with E-state index in [9.17, 15) is 9.90 Å². The molecule has 1 atom stereocenters. The molecule has 1 unspecified atom stereocenters. The van der Waals surface area contributed by atoms with E-state index in [4.69, 9.17) is 4.74 Å². The molecule has 1 aromatic carbocycles. The summed E-state index contributed by atoms with van der Waals surface area (Å²) in [6.45, 7) is 3.10. The first-order chi connectivity index (χ1) is 9.13. The van der Waals surface area contributed by atoms with Crippen LogP contribution in [0.1, 0.15) is 13.3 Å². The van der Waals surface area contributed by atoms with Gasteiger partial charge in [0, 0.05) is 25.9 Å². The molecule has 104 valence electrons. The number of amides is 1. The maximum atomic E-state index is 11.3. The molecule has 1 amide bonds. The SMILES string of the molecule is CCC(CO)CN(C)c1ccc2c(c1)NC(=O)CO2. The van der Waals surface area contributed by atoms with Gasteiger partial charge in [0.25, 0.3) is 5.91 Å². The molecule has 0 aliphatic carbocycles. The van der Waals surface area contributed by atoms with Crippen molar-refractivity contribution in [3.05, 3.63) is 18.2 Å². The van der Waals surface area contributed by atoms with Crippen LogP contribution in [0.2, 0.25) is 0 Å². The van der Waals surface area contributed by atoms with Crippen LogP contribution in [0.3, 0.4) is 0 Å². The predicted molar refractivity (Wildman–Crippen MR) is 74.7 cm³/mol. The molecule has 0 aromatic heterocycles. The highest BCUT2D eigenvalue weighted by atomic mass is 16.5. The van der Waals surface area contributed by atoms with Crippen molar-refractivity contribution in [2.24, 2.45) is 5.92 Å². The summed E-state index contributed by atoms with van der Waals surface area (Å²) in [7, 11) is 1.98. The van der Waals surface area contributed by atoms with E-state index in [-0.39, 0.29) is 25.0 Å². The van der Waals surface area contributed by atoms with Crippen molar-refractivity contribution < 1.29 is 14.6 Å². The van der Waals surface area contributed by atoms with Crippen LogP contribution < -0.4 is 15.0 Å². The molecule has 2 N–H and O–H groups in total. The van der Waals surface area contributed by atoms with Gasteiger partial charge in [-0.05, 0) is 30.5 Å². The Morgan fingerprint density at radius 2 is 2.32 bits per heavy atom. The Kier molecular flexibility index (Phi) is 4.27. The highest BCUT2D eigenvalue weighted by Gasteiger charge is 2.17. The van der Waals surface area contributed by atoms with Crippen LogP contribution >= 0.6 is 0 Å². The van der Waals surface area contributed by atoms with Gasteiger partial charge in [-0.2, -0.15) is 0 Å². The number of anilines is 2. The first kappa shape index (κ1) is 13.7. The maximum Gasteiger partial charge on any atom is 0.262 e. The third-order valence-electron chi connectivity index (χ3n) is 3.40. The molecule has 1 aliphatic heterocycles. The third-order valence-corrected chi connectivity index (χ3v) is 3.40. The standard InChI is InChI=1S/C14H20N2O3/c1-3-10(8-17)7-16(2)11-4-5-13-12(6-11)15-14(18)9-19-13/h4-6,10,17H,3,7-9H2,1-2H3,(H,15,18). The monoisotopic (exact) mass is 264 g/mol. The molecule has 1 aromatic rings. The lowest BCUT2D eigenvalue weighted by molar-refractivity contribution is -0.118. The second kappa shape index (κ2) is 5.93. The largest absolute Gasteiger partial charge is 0.482 e. The molecule has 1 heterocycles. The second-order valence-corrected chi connectivity index (χ2v) is 4.85. The lowest BCUT2D eigenvalue weighted by atomic mass is 10.1. The van der Waals surface area contributed by atoms with Gasteiger partial charge < -0.3 is 20.1 Å². The Hall–Kier alpha value is -1.75. The zero-order chi connectivity index (χ0) is 13.8. The normalized spacial score (nSPS) is 15.2. The van der Waals surface area contributed by atoms with Gasteiger partial charge in [0.1, 0.15) is 5.75 Å². The van der Waals surface area contributed by atoms with Gasteiger partial charge in [-0.25, -0.2) is 0 Å². The van der Waals surface area contributed by atoms with Gasteiger partial charge in [0.15, 0.2) is 6.61 Å². The Balaban J connectivity index is 2.12. The number of carbonyl (C=O) groups excluding carboxylic acids is 1. The number of aliphatic hydroxyl groups excluding tert-OH is 1. The number of benzene rings is 1. The molecule has 5 heteroatoms. The second-order valence-electron chi connectivity index (χ2n) is 4.85. The minimum Gasteiger partial charge on any atom is -0.482 e. The maximum absolute atomic E-state index is 11.3. The number of fused-ring (bicyclic) bond motifs is 1. The fraction of sp³-hybridized carbons (Fsp3) is 0.500. The summed E-state index contributed by atoms with van der Waals surface area (Å²) in [5, 5.41) is 12.0. The zero-order valence-electron chi connectivity index (χ0n) is 11.3. The lowest BCUT2D eigenvalue weighted by Gasteiger charge is -2.26. The van der Waals surface area contributed by atoms with Gasteiger partial charge >= 0.3 is 0 Å². The molecule has 0 saturated heterocycles. The van der Waals surface area contributed by atoms with Gasteiger partial charge in [-0.3, -0.25) is 4.79 Å². The van der Waals surface area contributed by atoms with E-state index < -0.39 is 0 Å². The number of carbonyl (C=O) groups is 1. The van der Waals surface area contributed by atoms with Crippen LogP contribution in [-0.2, 0) is 4.79 Å². The molecule has 5 nitrogen and oxygen atoms in total. The summed E-state index contributed by atoms with van der Waals surface area (Å²) in [5.74, 6) is 0.826. The summed E-state index contributed by atoms with van der Waals surface area (Å²) in [6, 6.07) is 5.72. The van der Waals surface area contributed by atoms with Gasteiger partial charge in [-0.1, -0.05) is 6.92 Å². The third kappa shape index (κ3) is 3.17. The first-order valence-corrected chi connectivity index (χ1v) is 6.52. The van der Waals surface area contributed by atoms with Gasteiger partial charge in [0.05, 0.1) is 5.69 Å². The summed E-state index contributed by atoms with van der Waals surface area (Å²) >= 11 is 0. The lowest BCUT2D eigenvalue weighted by Crippen LogP contribution is -2.28. The minimum absolute atomic E-state index is 0.0740. The van der Waals surface area contributed by atoms with E-state index in [1.807, 2.05) is 25.2 Å². The van der Waals surface area contributed by atoms with Gasteiger partial charge in [-0.15, -0.1) is 0 Å². The molecule has 1 aliphatic rings. The van der Waals surface area contributed by atoms with E-state index in [1.165, 1.54) is 0 Å². The molecular weight excluding hydrogens is 244 g/mol. The number of nitrogens with zero attached hydrogens (tertiary/aromatic N) is 1. The number of ether oxygens (including phenoxy) is 1. The van der Waals surface area contributed by atoms with Crippen LogP contribution in [0.5, 0.6) is 5.75 Å². The van der Waals surface area contributed by atoms with Crippen molar-refractivity contribution in [1.82, 2.24) is 0 Å². The van der Waals surface area contributed by atoms with Gasteiger partial charge in [0.2, 0.25) is 0 Å². The van der Waals surface area contributed by atoms with E-state index in [2.05, 4.69) is 17.1 Å². The van der Waals surface area contributed by atoms with Crippen LogP contribution in [0, 0.1) is 5.92 Å². The highest BCUT2D eigenvalue weighted by Crippen LogP contribution is 2.31. The van der Waals surface area contributed by atoms with Crippen molar-refractivity contribution in [3.8, 4) is 5.75 Å². The first-order valence-electron chi connectivity index (χ1n) is 6.52. The summed E-state index contributed by atoms with van der Waals surface area (Å²) in [6.07, 6.45) is 0.936. The number of hydrogen-bond donors (Lipinski definition) is 2. The number of aliphatic hydroxyl groups is 1. The summed E-state index contributed by atoms with van der Waals surface area (Å²) < 4.78 is 5.32. The zero-order valence-corrected chi connectivity index (χ0v) is 11.3. The van der Waals surface area contributed by atoms with E-state index in [0.29, 0.717) is 11.4 Å². The minimum atomic E-state index is -0.130. The molecule has 2 rings (SSSR count). The van der Waals surface area contributed by atoms with Crippen molar-refractivity contribution >= 4 is 17.3 Å². The highest BCUT2D eigenvalue weighted by molar-refractivity contribution is 5.96. The fourth-order valence-electron chi connectivity index (χ4n) is 2.12. The Labute approximate surface area is 113 Å². The Morgan fingerprint density at radius 1 is 1.53 bits per heavy atom. The molecule has 19 heavy (non-hydrogen) atoms. The molecule has 0 spiro atoms. The van der Waals surface area contributed by atoms with Crippen molar-refractivity contribution in [2.75, 3.05) is 37.0 Å². The topological polar surface area (TPSA) is 61.8 Å². The van der Waals surface area contributed by atoms with Crippen LogP contribution in [0.25, 0.3) is 0 Å². The van der Waals surface area contributed by atoms with E-state index >= 15 is 0 Å². The summed E-state index contributed by atoms with van der Waals surface area (Å²) in [5.41, 5.74) is 1.70. The number of hydrogen-bond acceptors (Lipinski definition) is 4. The van der Waals surface area contributed by atoms with Crippen molar-refractivity contribution in [2.45, 2.75) is 13.3 Å². The van der Waals surface area contributed by atoms with Crippen molar-refractivity contribution in [1.29, 1.82) is 0 Å². The smallest absolute Gasteiger partial charge is 0.262 e. The average Bonchev–Trinajstić information content (AvgIpc) is 2.43. The number of rotatable bonds is 5. The average molecular weight is 264 g/mol. The van der Waals surface area contributed by atoms with E-state index in [0.717, 1.165) is 18.7 Å². The predicted octanol–water partition coefficient (Wildman–Crippen LogP) is 1.47. The quantitative estimate of drug-likeness (QED) is 0.845. The van der Waals surface area contributed by atoms with Crippen molar-refractivity contribution in [3.63, 3.8) is 0 Å². The number of nitrogens with one attached hydrogen (secondary N) is 1. The Morgan fingerprint density at radius 3 is 3.00 bits per heavy atom. The van der Waals surface area contributed by atoms with E-state index in [1.54, 1.807) is 0 Å². The molecule has 0 bridgehead atoms. The fourth-order valence-corrected chi connectivity index (χ4v) is 2.12. The van der Waals surface area contributed by atoms with Crippen LogP contribution in [0.15, 0.2) is 18.2 Å².